The first-order valence-electron chi connectivity index (χ1n) is 12.6. The number of rotatable bonds is 5. The Morgan fingerprint density at radius 3 is 2.74 bits per heavy atom. The lowest BCUT2D eigenvalue weighted by molar-refractivity contribution is -0.122. The average Bonchev–Trinajstić information content (AvgIpc) is 3.50. The fourth-order valence-electron chi connectivity index (χ4n) is 4.93. The molecule has 1 aliphatic carbocycles. The van der Waals surface area contributed by atoms with Crippen LogP contribution in [-0.2, 0) is 4.79 Å². The van der Waals surface area contributed by atoms with Crippen molar-refractivity contribution in [1.82, 2.24) is 30.1 Å². The van der Waals surface area contributed by atoms with Crippen LogP contribution in [0.5, 0.6) is 5.75 Å². The van der Waals surface area contributed by atoms with Crippen LogP contribution in [0.25, 0.3) is 55.8 Å². The molecule has 0 atom stereocenters. The zero-order valence-corrected chi connectivity index (χ0v) is 20.6. The quantitative estimate of drug-likeness (QED) is 0.227. The van der Waals surface area contributed by atoms with Gasteiger partial charge in [0.15, 0.2) is 5.82 Å². The molecule has 4 N–H and O–H groups in total. The Labute approximate surface area is 221 Å². The average molecular weight is 520 g/mol. The molecule has 10 heteroatoms. The summed E-state index contributed by atoms with van der Waals surface area (Å²) in [7, 11) is 0. The van der Waals surface area contributed by atoms with Crippen molar-refractivity contribution in [3.63, 3.8) is 0 Å². The van der Waals surface area contributed by atoms with E-state index in [1.807, 2.05) is 30.3 Å². The molecule has 1 aliphatic rings. The highest BCUT2D eigenvalue weighted by Gasteiger charge is 2.25. The summed E-state index contributed by atoms with van der Waals surface area (Å²) in [5.41, 5.74) is 5.96. The van der Waals surface area contributed by atoms with E-state index in [-0.39, 0.29) is 17.6 Å². The van der Waals surface area contributed by atoms with Gasteiger partial charge in [-0.1, -0.05) is 18.6 Å². The Morgan fingerprint density at radius 1 is 1.03 bits per heavy atom. The Bertz CT molecular complexity index is 1870. The number of pyridine rings is 2. The summed E-state index contributed by atoms with van der Waals surface area (Å²) in [5.74, 6) is -0.0541. The maximum absolute atomic E-state index is 14.0. The summed E-state index contributed by atoms with van der Waals surface area (Å²) in [6.07, 6.45) is 7.97. The zero-order valence-electron chi connectivity index (χ0n) is 20.6. The van der Waals surface area contributed by atoms with Crippen LogP contribution in [-0.4, -0.2) is 41.1 Å². The molecule has 7 rings (SSSR count). The number of fused-ring (bicyclic) bond motifs is 2. The molecule has 6 aromatic rings. The summed E-state index contributed by atoms with van der Waals surface area (Å²) >= 11 is 0. The number of aromatic nitrogens is 6. The molecule has 1 saturated carbocycles. The number of nitrogens with one attached hydrogen (secondary N) is 3. The van der Waals surface area contributed by atoms with Crippen LogP contribution >= 0.6 is 0 Å². The first kappa shape index (κ1) is 23.0. The summed E-state index contributed by atoms with van der Waals surface area (Å²) < 4.78 is 14.0. The van der Waals surface area contributed by atoms with Gasteiger partial charge in [-0.05, 0) is 48.7 Å². The molecule has 0 aliphatic heterocycles. The normalized spacial score (nSPS) is 13.6. The second-order valence-electron chi connectivity index (χ2n) is 9.75. The van der Waals surface area contributed by atoms with Gasteiger partial charge >= 0.3 is 0 Å². The lowest BCUT2D eigenvalue weighted by Crippen LogP contribution is -2.28. The van der Waals surface area contributed by atoms with E-state index in [9.17, 15) is 14.3 Å². The van der Waals surface area contributed by atoms with Crippen LogP contribution in [0.4, 0.5) is 10.1 Å². The highest BCUT2D eigenvalue weighted by Crippen LogP contribution is 2.34. The Balaban J connectivity index is 1.27. The molecule has 192 valence electrons. The van der Waals surface area contributed by atoms with Gasteiger partial charge in [0.2, 0.25) is 5.91 Å². The van der Waals surface area contributed by atoms with Crippen molar-refractivity contribution in [2.75, 3.05) is 5.32 Å². The van der Waals surface area contributed by atoms with Gasteiger partial charge in [0.1, 0.15) is 17.3 Å². The third-order valence-corrected chi connectivity index (χ3v) is 7.16. The largest absolute Gasteiger partial charge is 0.508 e. The maximum Gasteiger partial charge on any atom is 0.227 e. The molecule has 39 heavy (non-hydrogen) atoms. The number of hydrogen-bond acceptors (Lipinski definition) is 6. The monoisotopic (exact) mass is 519 g/mol. The van der Waals surface area contributed by atoms with Crippen molar-refractivity contribution >= 4 is 33.5 Å². The van der Waals surface area contributed by atoms with Crippen LogP contribution in [0.3, 0.4) is 0 Å². The van der Waals surface area contributed by atoms with Gasteiger partial charge in [-0.15, -0.1) is 0 Å². The number of nitrogens with zero attached hydrogens (tertiary/aromatic N) is 4. The third-order valence-electron chi connectivity index (χ3n) is 7.16. The first-order valence-corrected chi connectivity index (χ1v) is 12.6. The topological polar surface area (TPSA) is 132 Å². The van der Waals surface area contributed by atoms with Gasteiger partial charge in [0, 0.05) is 34.7 Å². The van der Waals surface area contributed by atoms with Gasteiger partial charge in [-0.3, -0.25) is 19.9 Å². The SMILES string of the molecule is O=C(Nc1cncc(-c2cc3c(-c4nc5c(-c6cc(O)cc(F)c6)cccc5[nH]4)n[nH]c3cn2)c1)C1CCC1. The molecule has 1 amide bonds. The van der Waals surface area contributed by atoms with Gasteiger partial charge in [0.25, 0.3) is 0 Å². The van der Waals surface area contributed by atoms with E-state index < -0.39 is 5.82 Å². The number of para-hydroxylation sites is 1. The minimum atomic E-state index is -0.530. The smallest absolute Gasteiger partial charge is 0.227 e. The molecule has 4 aromatic heterocycles. The van der Waals surface area contributed by atoms with E-state index in [1.165, 1.54) is 12.1 Å². The Kier molecular flexibility index (Phi) is 5.32. The van der Waals surface area contributed by atoms with Crippen LogP contribution in [0, 0.1) is 11.7 Å². The molecule has 0 spiro atoms. The first-order chi connectivity index (χ1) is 19.0. The number of phenols is 1. The van der Waals surface area contributed by atoms with Crippen molar-refractivity contribution < 1.29 is 14.3 Å². The van der Waals surface area contributed by atoms with Crippen LogP contribution in [0.15, 0.2) is 67.1 Å². The second-order valence-corrected chi connectivity index (χ2v) is 9.75. The van der Waals surface area contributed by atoms with Crippen molar-refractivity contribution in [2.24, 2.45) is 5.92 Å². The molecule has 1 fully saturated rings. The molecular weight excluding hydrogens is 497 g/mol. The lowest BCUT2D eigenvalue weighted by atomic mass is 9.85. The predicted molar refractivity (Wildman–Crippen MR) is 145 cm³/mol. The highest BCUT2D eigenvalue weighted by molar-refractivity contribution is 5.98. The summed E-state index contributed by atoms with van der Waals surface area (Å²) in [4.78, 5) is 29.4. The van der Waals surface area contributed by atoms with Gasteiger partial charge < -0.3 is 15.4 Å². The number of carbonyl (C=O) groups is 1. The lowest BCUT2D eigenvalue weighted by Gasteiger charge is -2.24. The van der Waals surface area contributed by atoms with Crippen LogP contribution in [0.2, 0.25) is 0 Å². The standard InChI is InChI=1S/C29H22FN7O2/c30-18-7-16(9-20(38)10-18)21-5-2-6-23-26(21)35-28(34-23)27-22-11-24(32-14-25(22)36-37-27)17-8-19(13-31-12-17)33-29(39)15-3-1-4-15/h2,5-15,38H,1,3-4H2,(H,33,39)(H,34,35)(H,36,37). The van der Waals surface area contributed by atoms with E-state index in [0.29, 0.717) is 39.5 Å². The van der Waals surface area contributed by atoms with Crippen molar-refractivity contribution in [1.29, 1.82) is 0 Å². The second kappa shape index (κ2) is 9.02. The number of aromatic hydroxyl groups is 1. The van der Waals surface area contributed by atoms with E-state index in [0.717, 1.165) is 47.3 Å². The van der Waals surface area contributed by atoms with E-state index in [4.69, 9.17) is 4.98 Å². The number of H-pyrrole nitrogens is 2. The molecule has 0 saturated heterocycles. The third kappa shape index (κ3) is 4.15. The Morgan fingerprint density at radius 2 is 1.92 bits per heavy atom. The highest BCUT2D eigenvalue weighted by atomic mass is 19.1. The molecular formula is C29H22FN7O2. The summed E-state index contributed by atoms with van der Waals surface area (Å²) in [6.45, 7) is 0. The van der Waals surface area contributed by atoms with E-state index in [2.05, 4.69) is 30.5 Å². The fraction of sp³-hybridized carbons (Fsp3) is 0.138. The number of hydrogen-bond donors (Lipinski definition) is 4. The summed E-state index contributed by atoms with van der Waals surface area (Å²) in [6, 6.07) is 13.2. The van der Waals surface area contributed by atoms with Crippen LogP contribution in [0.1, 0.15) is 19.3 Å². The van der Waals surface area contributed by atoms with E-state index in [1.54, 1.807) is 18.6 Å². The molecule has 4 heterocycles. The molecule has 0 radical (unpaired) electrons. The Hall–Kier alpha value is -5.12. The summed E-state index contributed by atoms with van der Waals surface area (Å²) in [5, 5.41) is 21.2. The molecule has 9 nitrogen and oxygen atoms in total. The zero-order chi connectivity index (χ0) is 26.5. The number of carbonyl (C=O) groups excluding carboxylic acids is 1. The van der Waals surface area contributed by atoms with Gasteiger partial charge in [-0.2, -0.15) is 5.10 Å². The minimum Gasteiger partial charge on any atom is -0.508 e. The number of benzene rings is 2. The fourth-order valence-corrected chi connectivity index (χ4v) is 4.93. The maximum atomic E-state index is 14.0. The van der Waals surface area contributed by atoms with Crippen molar-refractivity contribution in [3.8, 4) is 39.7 Å². The number of aromatic amines is 2. The molecule has 0 bridgehead atoms. The number of anilines is 1. The molecule has 0 unspecified atom stereocenters. The van der Waals surface area contributed by atoms with Crippen molar-refractivity contribution in [3.05, 3.63) is 72.9 Å². The number of phenolic OH excluding ortho intramolecular Hbond substituents is 1. The minimum absolute atomic E-state index is 0.0263. The number of amides is 1. The van der Waals surface area contributed by atoms with E-state index >= 15 is 0 Å². The van der Waals surface area contributed by atoms with Crippen molar-refractivity contribution in [2.45, 2.75) is 19.3 Å². The van der Waals surface area contributed by atoms with Crippen LogP contribution < -0.4 is 5.32 Å². The molecule has 2 aromatic carbocycles. The number of imidazole rings is 1. The predicted octanol–water partition coefficient (Wildman–Crippen LogP) is 5.81. The number of halogens is 1. The van der Waals surface area contributed by atoms with Gasteiger partial charge in [-0.25, -0.2) is 9.37 Å². The van der Waals surface area contributed by atoms with Gasteiger partial charge in [0.05, 0.1) is 40.3 Å².